The summed E-state index contributed by atoms with van der Waals surface area (Å²) < 4.78 is 5.50. The number of hydrogen-bond donors (Lipinski definition) is 1. The lowest BCUT2D eigenvalue weighted by Gasteiger charge is -2.34. The van der Waals surface area contributed by atoms with E-state index >= 15 is 0 Å². The van der Waals surface area contributed by atoms with E-state index in [2.05, 4.69) is 6.92 Å². The van der Waals surface area contributed by atoms with Gasteiger partial charge in [-0.2, -0.15) is 0 Å². The quantitative estimate of drug-likeness (QED) is 0.858. The van der Waals surface area contributed by atoms with Gasteiger partial charge in [-0.1, -0.05) is 13.3 Å². The Morgan fingerprint density at radius 1 is 1.35 bits per heavy atom. The highest BCUT2D eigenvalue weighted by atomic mass is 16.5. The lowest BCUT2D eigenvalue weighted by Crippen LogP contribution is -2.41. The molecule has 1 saturated carbocycles. The molecule has 2 rings (SSSR count). The highest BCUT2D eigenvalue weighted by Gasteiger charge is 2.30. The van der Waals surface area contributed by atoms with Crippen molar-refractivity contribution in [3.63, 3.8) is 0 Å². The Balaban J connectivity index is 1.82. The molecule has 2 fully saturated rings. The maximum atomic E-state index is 12.6. The molecule has 4 atom stereocenters. The summed E-state index contributed by atoms with van der Waals surface area (Å²) in [4.78, 5) is 14.5. The molecule has 4 unspecified atom stereocenters. The van der Waals surface area contributed by atoms with E-state index in [4.69, 9.17) is 10.5 Å². The van der Waals surface area contributed by atoms with Crippen LogP contribution in [-0.4, -0.2) is 43.7 Å². The molecule has 0 radical (unpaired) electrons. The van der Waals surface area contributed by atoms with Crippen LogP contribution in [0.3, 0.4) is 0 Å². The summed E-state index contributed by atoms with van der Waals surface area (Å²) in [5.74, 6) is 1.38. The van der Waals surface area contributed by atoms with Crippen LogP contribution in [0.4, 0.5) is 0 Å². The highest BCUT2D eigenvalue weighted by molar-refractivity contribution is 5.78. The monoisotopic (exact) mass is 282 g/mol. The van der Waals surface area contributed by atoms with E-state index in [0.29, 0.717) is 17.9 Å². The second kappa shape index (κ2) is 7.41. The molecule has 4 heteroatoms. The maximum absolute atomic E-state index is 12.6. The van der Waals surface area contributed by atoms with Gasteiger partial charge in [0.1, 0.15) is 0 Å². The number of ether oxygens (including phenoxy) is 1. The summed E-state index contributed by atoms with van der Waals surface area (Å²) in [6.07, 6.45) is 6.75. The van der Waals surface area contributed by atoms with Crippen LogP contribution in [0.1, 0.15) is 45.4 Å². The van der Waals surface area contributed by atoms with Crippen LogP contribution in [0.15, 0.2) is 0 Å². The first-order valence-electron chi connectivity index (χ1n) is 8.16. The van der Waals surface area contributed by atoms with Crippen LogP contribution in [-0.2, 0) is 9.53 Å². The standard InChI is InChI=1S/C16H30N2O2/c1-12(14-6-3-7-15(17)9-14)16(19)18(2)10-13-5-4-8-20-11-13/h12-15H,3-11,17H2,1-2H3. The van der Waals surface area contributed by atoms with E-state index in [1.54, 1.807) is 0 Å². The predicted octanol–water partition coefficient (Wildman–Crippen LogP) is 2.02. The van der Waals surface area contributed by atoms with Gasteiger partial charge < -0.3 is 15.4 Å². The van der Waals surface area contributed by atoms with Gasteiger partial charge in [-0.25, -0.2) is 0 Å². The Labute approximate surface area is 123 Å². The fourth-order valence-electron chi connectivity index (χ4n) is 3.70. The van der Waals surface area contributed by atoms with Crippen molar-refractivity contribution in [2.45, 2.75) is 51.5 Å². The van der Waals surface area contributed by atoms with Crippen LogP contribution in [0.5, 0.6) is 0 Å². The van der Waals surface area contributed by atoms with Gasteiger partial charge in [0.15, 0.2) is 0 Å². The van der Waals surface area contributed by atoms with Gasteiger partial charge >= 0.3 is 0 Å². The van der Waals surface area contributed by atoms with E-state index < -0.39 is 0 Å². The first-order valence-corrected chi connectivity index (χ1v) is 8.16. The first kappa shape index (κ1) is 15.8. The van der Waals surface area contributed by atoms with Crippen molar-refractivity contribution in [3.8, 4) is 0 Å². The fraction of sp³-hybridized carbons (Fsp3) is 0.938. The van der Waals surface area contributed by atoms with Gasteiger partial charge in [-0.05, 0) is 43.9 Å². The average molecular weight is 282 g/mol. The van der Waals surface area contributed by atoms with E-state index in [1.807, 2.05) is 11.9 Å². The van der Waals surface area contributed by atoms with Gasteiger partial charge in [-0.3, -0.25) is 4.79 Å². The predicted molar refractivity (Wildman–Crippen MR) is 80.3 cm³/mol. The van der Waals surface area contributed by atoms with Crippen LogP contribution >= 0.6 is 0 Å². The van der Waals surface area contributed by atoms with E-state index in [1.165, 1.54) is 12.8 Å². The largest absolute Gasteiger partial charge is 0.381 e. The van der Waals surface area contributed by atoms with Crippen LogP contribution < -0.4 is 5.73 Å². The van der Waals surface area contributed by atoms with E-state index in [-0.39, 0.29) is 11.8 Å². The Bertz CT molecular complexity index is 316. The van der Waals surface area contributed by atoms with Crippen LogP contribution in [0, 0.1) is 17.8 Å². The molecule has 1 aliphatic carbocycles. The molecule has 116 valence electrons. The number of nitrogens with two attached hydrogens (primary N) is 1. The molecule has 20 heavy (non-hydrogen) atoms. The maximum Gasteiger partial charge on any atom is 0.225 e. The SMILES string of the molecule is CC(C(=O)N(C)CC1CCCOC1)C1CCCC(N)C1. The smallest absolute Gasteiger partial charge is 0.225 e. The summed E-state index contributed by atoms with van der Waals surface area (Å²) in [7, 11) is 1.94. The number of carbonyl (C=O) groups is 1. The fourth-order valence-corrected chi connectivity index (χ4v) is 3.70. The van der Waals surface area contributed by atoms with Gasteiger partial charge in [0.05, 0.1) is 6.61 Å². The topological polar surface area (TPSA) is 55.6 Å². The van der Waals surface area contributed by atoms with Gasteiger partial charge in [-0.15, -0.1) is 0 Å². The zero-order chi connectivity index (χ0) is 14.5. The molecule has 0 aromatic carbocycles. The van der Waals surface area contributed by atoms with Gasteiger partial charge in [0.25, 0.3) is 0 Å². The third-order valence-electron chi connectivity index (χ3n) is 5.01. The number of rotatable bonds is 4. The van der Waals surface area contributed by atoms with E-state index in [0.717, 1.165) is 45.4 Å². The van der Waals surface area contributed by atoms with Crippen molar-refractivity contribution in [2.75, 3.05) is 26.8 Å². The van der Waals surface area contributed by atoms with Crippen molar-refractivity contribution in [1.29, 1.82) is 0 Å². The average Bonchev–Trinajstić information content (AvgIpc) is 2.46. The lowest BCUT2D eigenvalue weighted by molar-refractivity contribution is -0.137. The molecule has 1 saturated heterocycles. The summed E-state index contributed by atoms with van der Waals surface area (Å²) in [6.45, 7) is 4.60. The molecule has 1 heterocycles. The molecule has 0 aromatic heterocycles. The molecule has 1 amide bonds. The molecule has 4 nitrogen and oxygen atoms in total. The Morgan fingerprint density at radius 2 is 2.15 bits per heavy atom. The molecule has 0 spiro atoms. The van der Waals surface area contributed by atoms with Gasteiger partial charge in [0, 0.05) is 32.2 Å². The molecule has 2 N–H and O–H groups in total. The zero-order valence-electron chi connectivity index (χ0n) is 13.0. The second-order valence-electron chi connectivity index (χ2n) is 6.78. The number of amides is 1. The molecule has 1 aliphatic heterocycles. The minimum absolute atomic E-state index is 0.107. The van der Waals surface area contributed by atoms with Crippen molar-refractivity contribution in [2.24, 2.45) is 23.5 Å². The number of hydrogen-bond acceptors (Lipinski definition) is 3. The Hall–Kier alpha value is -0.610. The molecular formula is C16H30N2O2. The normalized spacial score (nSPS) is 32.6. The Kier molecular flexibility index (Phi) is 5.85. The molecule has 2 aliphatic rings. The highest BCUT2D eigenvalue weighted by Crippen LogP contribution is 2.30. The van der Waals surface area contributed by atoms with Crippen molar-refractivity contribution in [1.82, 2.24) is 4.90 Å². The second-order valence-corrected chi connectivity index (χ2v) is 6.78. The van der Waals surface area contributed by atoms with Crippen molar-refractivity contribution >= 4 is 5.91 Å². The molecular weight excluding hydrogens is 252 g/mol. The summed E-state index contributed by atoms with van der Waals surface area (Å²) in [5, 5.41) is 0. The van der Waals surface area contributed by atoms with Gasteiger partial charge in [0.2, 0.25) is 5.91 Å². The first-order chi connectivity index (χ1) is 9.58. The third-order valence-corrected chi connectivity index (χ3v) is 5.01. The summed E-state index contributed by atoms with van der Waals surface area (Å²) >= 11 is 0. The van der Waals surface area contributed by atoms with E-state index in [9.17, 15) is 4.79 Å². The minimum atomic E-state index is 0.107. The van der Waals surface area contributed by atoms with Crippen LogP contribution in [0.2, 0.25) is 0 Å². The number of carbonyl (C=O) groups excluding carboxylic acids is 1. The minimum Gasteiger partial charge on any atom is -0.381 e. The third kappa shape index (κ3) is 4.19. The van der Waals surface area contributed by atoms with Crippen molar-refractivity contribution < 1.29 is 9.53 Å². The Morgan fingerprint density at radius 3 is 2.80 bits per heavy atom. The van der Waals surface area contributed by atoms with Crippen LogP contribution in [0.25, 0.3) is 0 Å². The number of nitrogens with zero attached hydrogens (tertiary/aromatic N) is 1. The zero-order valence-corrected chi connectivity index (χ0v) is 13.0. The summed E-state index contributed by atoms with van der Waals surface area (Å²) in [5.41, 5.74) is 6.05. The molecule has 0 aromatic rings. The van der Waals surface area contributed by atoms with Crippen molar-refractivity contribution in [3.05, 3.63) is 0 Å². The molecule has 0 bridgehead atoms. The summed E-state index contributed by atoms with van der Waals surface area (Å²) in [6, 6.07) is 0.293. The lowest BCUT2D eigenvalue weighted by atomic mass is 9.78.